The summed E-state index contributed by atoms with van der Waals surface area (Å²) in [5.74, 6) is 1.78. The molecule has 2 rings (SSSR count). The minimum Gasteiger partial charge on any atom is -0.396 e. The summed E-state index contributed by atoms with van der Waals surface area (Å²) in [6.07, 6.45) is 5.95. The van der Waals surface area contributed by atoms with E-state index in [-0.39, 0.29) is 12.6 Å². The Morgan fingerprint density at radius 3 is 2.82 bits per heavy atom. The SMILES string of the molecule is CC(C)C1CC(CC(=O)N2CCCC(C)C2CCO)CCO1. The summed E-state index contributed by atoms with van der Waals surface area (Å²) >= 11 is 0. The summed E-state index contributed by atoms with van der Waals surface area (Å²) in [7, 11) is 0. The molecule has 2 fully saturated rings. The van der Waals surface area contributed by atoms with Gasteiger partial charge in [-0.3, -0.25) is 4.79 Å². The molecule has 4 heteroatoms. The number of carbonyl (C=O) groups excluding carboxylic acids is 1. The maximum absolute atomic E-state index is 12.8. The van der Waals surface area contributed by atoms with E-state index in [1.807, 2.05) is 0 Å². The lowest BCUT2D eigenvalue weighted by molar-refractivity contribution is -0.139. The zero-order valence-corrected chi connectivity index (χ0v) is 14.5. The molecule has 1 amide bonds. The average molecular weight is 311 g/mol. The molecule has 0 aromatic heterocycles. The standard InChI is InChI=1S/C18H33NO3/c1-13(2)17-11-15(7-10-22-17)12-18(21)19-8-4-5-14(3)16(19)6-9-20/h13-17,20H,4-12H2,1-3H3. The molecule has 4 atom stereocenters. The number of aliphatic hydroxyl groups is 1. The molecule has 0 aromatic carbocycles. The molecule has 0 bridgehead atoms. The third-order valence-electron chi connectivity index (χ3n) is 5.49. The molecule has 0 spiro atoms. The fourth-order valence-corrected chi connectivity index (χ4v) is 4.05. The Morgan fingerprint density at radius 2 is 2.14 bits per heavy atom. The van der Waals surface area contributed by atoms with Gasteiger partial charge in [0.1, 0.15) is 0 Å². The maximum atomic E-state index is 12.8. The number of amides is 1. The van der Waals surface area contributed by atoms with E-state index in [4.69, 9.17) is 4.74 Å². The van der Waals surface area contributed by atoms with Crippen LogP contribution in [0.1, 0.15) is 59.3 Å². The van der Waals surface area contributed by atoms with Crippen molar-refractivity contribution in [3.63, 3.8) is 0 Å². The van der Waals surface area contributed by atoms with Crippen molar-refractivity contribution in [2.75, 3.05) is 19.8 Å². The molecule has 2 aliphatic rings. The molecule has 2 aliphatic heterocycles. The van der Waals surface area contributed by atoms with Gasteiger partial charge in [-0.05, 0) is 49.9 Å². The predicted molar refractivity (Wildman–Crippen MR) is 87.5 cm³/mol. The molecule has 1 N–H and O–H groups in total. The molecule has 0 radical (unpaired) electrons. The number of carbonyl (C=O) groups is 1. The lowest BCUT2D eigenvalue weighted by Crippen LogP contribution is -2.48. The van der Waals surface area contributed by atoms with Crippen molar-refractivity contribution in [3.8, 4) is 0 Å². The van der Waals surface area contributed by atoms with Crippen LogP contribution < -0.4 is 0 Å². The van der Waals surface area contributed by atoms with Crippen LogP contribution in [-0.4, -0.2) is 47.8 Å². The van der Waals surface area contributed by atoms with Crippen molar-refractivity contribution < 1.29 is 14.6 Å². The molecule has 0 saturated carbocycles. The lowest BCUT2D eigenvalue weighted by Gasteiger charge is -2.41. The Hall–Kier alpha value is -0.610. The summed E-state index contributed by atoms with van der Waals surface area (Å²) in [5.41, 5.74) is 0. The first-order valence-electron chi connectivity index (χ1n) is 9.04. The van der Waals surface area contributed by atoms with Gasteiger partial charge in [0.15, 0.2) is 0 Å². The predicted octanol–water partition coefficient (Wildman–Crippen LogP) is 2.84. The van der Waals surface area contributed by atoms with Crippen LogP contribution in [0.4, 0.5) is 0 Å². The normalized spacial score (nSPS) is 33.2. The van der Waals surface area contributed by atoms with Gasteiger partial charge in [0, 0.05) is 32.2 Å². The van der Waals surface area contributed by atoms with Crippen molar-refractivity contribution in [2.24, 2.45) is 17.8 Å². The Balaban J connectivity index is 1.92. The number of aliphatic hydroxyl groups excluding tert-OH is 1. The van der Waals surface area contributed by atoms with E-state index >= 15 is 0 Å². The van der Waals surface area contributed by atoms with Crippen LogP contribution in [0.5, 0.6) is 0 Å². The molecule has 2 saturated heterocycles. The van der Waals surface area contributed by atoms with Crippen LogP contribution in [0.2, 0.25) is 0 Å². The van der Waals surface area contributed by atoms with Gasteiger partial charge in [0.05, 0.1) is 6.10 Å². The second kappa shape index (κ2) is 8.30. The van der Waals surface area contributed by atoms with Crippen molar-refractivity contribution >= 4 is 5.91 Å². The zero-order valence-electron chi connectivity index (χ0n) is 14.5. The van der Waals surface area contributed by atoms with Crippen LogP contribution in [0.15, 0.2) is 0 Å². The summed E-state index contributed by atoms with van der Waals surface area (Å²) < 4.78 is 5.82. The van der Waals surface area contributed by atoms with Crippen molar-refractivity contribution in [1.29, 1.82) is 0 Å². The fourth-order valence-electron chi connectivity index (χ4n) is 4.05. The van der Waals surface area contributed by atoms with Gasteiger partial charge in [-0.1, -0.05) is 20.8 Å². The number of hydrogen-bond acceptors (Lipinski definition) is 3. The van der Waals surface area contributed by atoms with Crippen LogP contribution in [0, 0.1) is 17.8 Å². The third kappa shape index (κ3) is 4.45. The summed E-state index contributed by atoms with van der Waals surface area (Å²) in [6, 6.07) is 0.229. The highest BCUT2D eigenvalue weighted by atomic mass is 16.5. The Bertz CT molecular complexity index is 358. The molecule has 2 heterocycles. The van der Waals surface area contributed by atoms with Crippen LogP contribution in [0.25, 0.3) is 0 Å². The molecule has 0 aliphatic carbocycles. The van der Waals surface area contributed by atoms with E-state index in [2.05, 4.69) is 25.7 Å². The van der Waals surface area contributed by atoms with Crippen molar-refractivity contribution in [2.45, 2.75) is 71.4 Å². The number of hydrogen-bond donors (Lipinski definition) is 1. The molecule has 128 valence electrons. The van der Waals surface area contributed by atoms with E-state index in [9.17, 15) is 9.90 Å². The average Bonchev–Trinajstić information content (AvgIpc) is 2.49. The van der Waals surface area contributed by atoms with Gasteiger partial charge in [0.2, 0.25) is 5.91 Å². The topological polar surface area (TPSA) is 49.8 Å². The van der Waals surface area contributed by atoms with Crippen LogP contribution in [0.3, 0.4) is 0 Å². The van der Waals surface area contributed by atoms with Crippen LogP contribution >= 0.6 is 0 Å². The third-order valence-corrected chi connectivity index (χ3v) is 5.49. The van der Waals surface area contributed by atoms with Crippen molar-refractivity contribution in [1.82, 2.24) is 4.90 Å². The maximum Gasteiger partial charge on any atom is 0.223 e. The van der Waals surface area contributed by atoms with E-state index < -0.39 is 0 Å². The van der Waals surface area contributed by atoms with Gasteiger partial charge < -0.3 is 14.7 Å². The summed E-state index contributed by atoms with van der Waals surface area (Å²) in [5, 5.41) is 9.30. The van der Waals surface area contributed by atoms with E-state index in [0.29, 0.717) is 36.2 Å². The minimum atomic E-state index is 0.172. The first-order chi connectivity index (χ1) is 10.5. The largest absolute Gasteiger partial charge is 0.396 e. The Morgan fingerprint density at radius 1 is 1.36 bits per heavy atom. The smallest absolute Gasteiger partial charge is 0.223 e. The van der Waals surface area contributed by atoms with Gasteiger partial charge in [0.25, 0.3) is 0 Å². The highest BCUT2D eigenvalue weighted by molar-refractivity contribution is 5.77. The minimum absolute atomic E-state index is 0.172. The summed E-state index contributed by atoms with van der Waals surface area (Å²) in [6.45, 7) is 8.42. The van der Waals surface area contributed by atoms with E-state index in [0.717, 1.165) is 38.8 Å². The first kappa shape index (κ1) is 17.7. The number of piperidine rings is 1. The lowest BCUT2D eigenvalue weighted by atomic mass is 9.85. The second-order valence-electron chi connectivity index (χ2n) is 7.53. The highest BCUT2D eigenvalue weighted by Crippen LogP contribution is 2.30. The number of rotatable bonds is 5. The molecular formula is C18H33NO3. The van der Waals surface area contributed by atoms with E-state index in [1.54, 1.807) is 0 Å². The quantitative estimate of drug-likeness (QED) is 0.849. The summed E-state index contributed by atoms with van der Waals surface area (Å²) in [4.78, 5) is 14.8. The zero-order chi connectivity index (χ0) is 16.1. The molecule has 4 unspecified atom stereocenters. The first-order valence-corrected chi connectivity index (χ1v) is 9.04. The highest BCUT2D eigenvalue weighted by Gasteiger charge is 2.33. The molecule has 4 nitrogen and oxygen atoms in total. The number of likely N-dealkylation sites (tertiary alicyclic amines) is 1. The Labute approximate surface area is 135 Å². The van der Waals surface area contributed by atoms with Crippen LogP contribution in [-0.2, 0) is 9.53 Å². The van der Waals surface area contributed by atoms with Gasteiger partial charge in [-0.15, -0.1) is 0 Å². The molecule has 22 heavy (non-hydrogen) atoms. The number of nitrogens with zero attached hydrogens (tertiary/aromatic N) is 1. The van der Waals surface area contributed by atoms with Gasteiger partial charge in [-0.2, -0.15) is 0 Å². The fraction of sp³-hybridized carbons (Fsp3) is 0.944. The van der Waals surface area contributed by atoms with E-state index in [1.165, 1.54) is 6.42 Å². The van der Waals surface area contributed by atoms with Gasteiger partial charge in [-0.25, -0.2) is 0 Å². The van der Waals surface area contributed by atoms with Crippen molar-refractivity contribution in [3.05, 3.63) is 0 Å². The monoisotopic (exact) mass is 311 g/mol. The number of ether oxygens (including phenoxy) is 1. The molecular weight excluding hydrogens is 278 g/mol. The Kier molecular flexibility index (Phi) is 6.69. The second-order valence-corrected chi connectivity index (χ2v) is 7.53. The van der Waals surface area contributed by atoms with Gasteiger partial charge >= 0.3 is 0 Å². The molecule has 0 aromatic rings.